The van der Waals surface area contributed by atoms with Crippen LogP contribution in [0.15, 0.2) is 72.9 Å². The van der Waals surface area contributed by atoms with Gasteiger partial charge < -0.3 is 10.6 Å². The van der Waals surface area contributed by atoms with E-state index in [4.69, 9.17) is 11.6 Å². The summed E-state index contributed by atoms with van der Waals surface area (Å²) < 4.78 is 0. The van der Waals surface area contributed by atoms with E-state index in [1.54, 1.807) is 12.3 Å². The third-order valence-electron chi connectivity index (χ3n) is 3.90. The first-order chi connectivity index (χ1) is 12.7. The Kier molecular flexibility index (Phi) is 6.23. The van der Waals surface area contributed by atoms with Crippen LogP contribution in [0.3, 0.4) is 0 Å². The Hall–Kier alpha value is -2.85. The fraction of sp³-hybridized carbons (Fsp3) is 0.143. The smallest absolute Gasteiger partial charge is 0.269 e. The first-order valence-corrected chi connectivity index (χ1v) is 8.89. The van der Waals surface area contributed by atoms with E-state index in [2.05, 4.69) is 27.8 Å². The first kappa shape index (κ1) is 18.0. The van der Waals surface area contributed by atoms with E-state index < -0.39 is 0 Å². The predicted molar refractivity (Wildman–Crippen MR) is 106 cm³/mol. The summed E-state index contributed by atoms with van der Waals surface area (Å²) in [5.74, 6) is -0.156. The number of nitrogens with one attached hydrogen (secondary N) is 2. The van der Waals surface area contributed by atoms with Crippen molar-refractivity contribution < 1.29 is 4.79 Å². The molecule has 0 saturated heterocycles. The molecule has 0 unspecified atom stereocenters. The number of carbonyl (C=O) groups is 1. The van der Waals surface area contributed by atoms with E-state index >= 15 is 0 Å². The number of benzene rings is 2. The number of halogens is 1. The molecule has 0 aliphatic rings. The molecule has 2 N–H and O–H groups in total. The third-order valence-corrected chi connectivity index (χ3v) is 4.15. The highest BCUT2D eigenvalue weighted by Gasteiger charge is 2.06. The van der Waals surface area contributed by atoms with Crippen molar-refractivity contribution in [2.75, 3.05) is 11.9 Å². The van der Waals surface area contributed by atoms with Crippen LogP contribution in [-0.2, 0) is 6.42 Å². The monoisotopic (exact) mass is 365 g/mol. The largest absolute Gasteiger partial charge is 0.354 e. The fourth-order valence-electron chi connectivity index (χ4n) is 2.53. The molecule has 0 atom stereocenters. The highest BCUT2D eigenvalue weighted by molar-refractivity contribution is 6.30. The summed E-state index contributed by atoms with van der Waals surface area (Å²) in [5, 5.41) is 6.81. The normalized spacial score (nSPS) is 10.3. The van der Waals surface area contributed by atoms with Crippen LogP contribution in [0.1, 0.15) is 22.5 Å². The Morgan fingerprint density at radius 3 is 2.35 bits per heavy atom. The number of anilines is 2. The van der Waals surface area contributed by atoms with Gasteiger partial charge in [0, 0.05) is 17.3 Å². The summed E-state index contributed by atoms with van der Waals surface area (Å²) in [6.45, 7) is 0.625. The lowest BCUT2D eigenvalue weighted by atomic mass is 10.1. The second kappa shape index (κ2) is 9.02. The minimum atomic E-state index is -0.156. The number of aromatic nitrogens is 1. The fourth-order valence-corrected chi connectivity index (χ4v) is 2.66. The molecule has 0 fully saturated rings. The van der Waals surface area contributed by atoms with Gasteiger partial charge in [-0.3, -0.25) is 4.79 Å². The number of hydrogen-bond donors (Lipinski definition) is 2. The van der Waals surface area contributed by atoms with E-state index in [1.165, 1.54) is 5.56 Å². The molecular formula is C21H20ClN3O. The molecule has 0 bridgehead atoms. The molecule has 26 heavy (non-hydrogen) atoms. The lowest BCUT2D eigenvalue weighted by Crippen LogP contribution is -2.25. The molecule has 3 rings (SSSR count). The van der Waals surface area contributed by atoms with Crippen LogP contribution in [0.4, 0.5) is 11.4 Å². The average molecular weight is 366 g/mol. The zero-order valence-electron chi connectivity index (χ0n) is 14.3. The summed E-state index contributed by atoms with van der Waals surface area (Å²) in [6, 6.07) is 21.2. The summed E-state index contributed by atoms with van der Waals surface area (Å²) in [4.78, 5) is 16.4. The van der Waals surface area contributed by atoms with Crippen molar-refractivity contribution in [3.05, 3.63) is 89.2 Å². The predicted octanol–water partition coefficient (Wildman–Crippen LogP) is 4.84. The van der Waals surface area contributed by atoms with E-state index in [1.807, 2.05) is 48.5 Å². The molecule has 1 heterocycles. The molecule has 4 nitrogen and oxygen atoms in total. The van der Waals surface area contributed by atoms with Crippen molar-refractivity contribution in [3.8, 4) is 0 Å². The summed E-state index contributed by atoms with van der Waals surface area (Å²) in [7, 11) is 0. The minimum Gasteiger partial charge on any atom is -0.354 e. The van der Waals surface area contributed by atoms with Gasteiger partial charge in [0.05, 0.1) is 11.9 Å². The van der Waals surface area contributed by atoms with Crippen molar-refractivity contribution in [1.29, 1.82) is 0 Å². The number of pyridine rings is 1. The maximum atomic E-state index is 12.2. The Morgan fingerprint density at radius 1 is 0.923 bits per heavy atom. The molecule has 1 aromatic heterocycles. The van der Waals surface area contributed by atoms with Crippen LogP contribution < -0.4 is 10.6 Å². The molecule has 0 aliphatic carbocycles. The zero-order chi connectivity index (χ0) is 18.2. The van der Waals surface area contributed by atoms with Crippen molar-refractivity contribution in [2.24, 2.45) is 0 Å². The maximum absolute atomic E-state index is 12.2. The topological polar surface area (TPSA) is 54.0 Å². The first-order valence-electron chi connectivity index (χ1n) is 8.51. The number of hydrogen-bond acceptors (Lipinski definition) is 3. The van der Waals surface area contributed by atoms with E-state index in [9.17, 15) is 4.79 Å². The van der Waals surface area contributed by atoms with Crippen LogP contribution in [0, 0.1) is 0 Å². The standard InChI is InChI=1S/C21H20ClN3O/c22-17-8-10-18(11-9-17)25-19-12-13-20(24-15-19)21(26)23-14-4-7-16-5-2-1-3-6-16/h1-3,5-6,8-13,15,25H,4,7,14H2,(H,23,26). The van der Waals surface area contributed by atoms with E-state index in [-0.39, 0.29) is 5.91 Å². The van der Waals surface area contributed by atoms with Crippen LogP contribution >= 0.6 is 11.6 Å². The number of amides is 1. The molecule has 0 radical (unpaired) electrons. The maximum Gasteiger partial charge on any atom is 0.269 e. The summed E-state index contributed by atoms with van der Waals surface area (Å²) in [5.41, 5.74) is 3.41. The van der Waals surface area contributed by atoms with E-state index in [0.29, 0.717) is 17.3 Å². The van der Waals surface area contributed by atoms with Crippen molar-refractivity contribution in [2.45, 2.75) is 12.8 Å². The van der Waals surface area contributed by atoms with Gasteiger partial charge >= 0.3 is 0 Å². The molecule has 2 aromatic carbocycles. The number of rotatable bonds is 7. The van der Waals surface area contributed by atoms with Crippen molar-refractivity contribution >= 4 is 28.9 Å². The van der Waals surface area contributed by atoms with Crippen LogP contribution in [0.2, 0.25) is 5.02 Å². The second-order valence-corrected chi connectivity index (χ2v) is 6.35. The number of carbonyl (C=O) groups excluding carboxylic acids is 1. The average Bonchev–Trinajstić information content (AvgIpc) is 2.68. The van der Waals surface area contributed by atoms with Crippen molar-refractivity contribution in [3.63, 3.8) is 0 Å². The Labute approximate surface area is 158 Å². The summed E-state index contributed by atoms with van der Waals surface area (Å²) in [6.07, 6.45) is 3.48. The molecule has 5 heteroatoms. The van der Waals surface area contributed by atoms with Gasteiger partial charge in [0.15, 0.2) is 0 Å². The quantitative estimate of drug-likeness (QED) is 0.589. The van der Waals surface area contributed by atoms with Gasteiger partial charge in [-0.15, -0.1) is 0 Å². The van der Waals surface area contributed by atoms with Crippen LogP contribution in [0.5, 0.6) is 0 Å². The highest BCUT2D eigenvalue weighted by atomic mass is 35.5. The third kappa shape index (κ3) is 5.33. The highest BCUT2D eigenvalue weighted by Crippen LogP contribution is 2.18. The van der Waals surface area contributed by atoms with Gasteiger partial charge in [0.1, 0.15) is 5.69 Å². The lowest BCUT2D eigenvalue weighted by Gasteiger charge is -2.08. The van der Waals surface area contributed by atoms with Gasteiger partial charge in [-0.25, -0.2) is 4.98 Å². The van der Waals surface area contributed by atoms with E-state index in [0.717, 1.165) is 24.2 Å². The van der Waals surface area contributed by atoms with Crippen LogP contribution in [0.25, 0.3) is 0 Å². The van der Waals surface area contributed by atoms with Crippen molar-refractivity contribution in [1.82, 2.24) is 10.3 Å². The molecule has 132 valence electrons. The van der Waals surface area contributed by atoms with Gasteiger partial charge in [-0.1, -0.05) is 41.9 Å². The van der Waals surface area contributed by atoms with Gasteiger partial charge in [-0.2, -0.15) is 0 Å². The van der Waals surface area contributed by atoms with Gasteiger partial charge in [0.25, 0.3) is 5.91 Å². The Morgan fingerprint density at radius 2 is 1.65 bits per heavy atom. The van der Waals surface area contributed by atoms with Gasteiger partial charge in [-0.05, 0) is 54.8 Å². The number of aryl methyl sites for hydroxylation is 1. The molecule has 0 spiro atoms. The molecule has 1 amide bonds. The molecular weight excluding hydrogens is 346 g/mol. The molecule has 0 saturated carbocycles. The van der Waals surface area contributed by atoms with Crippen LogP contribution in [-0.4, -0.2) is 17.4 Å². The minimum absolute atomic E-state index is 0.156. The van der Waals surface area contributed by atoms with Gasteiger partial charge in [0.2, 0.25) is 0 Å². The summed E-state index contributed by atoms with van der Waals surface area (Å²) >= 11 is 5.87. The number of nitrogens with zero attached hydrogens (tertiary/aromatic N) is 1. The zero-order valence-corrected chi connectivity index (χ0v) is 15.0. The molecule has 0 aliphatic heterocycles. The lowest BCUT2D eigenvalue weighted by molar-refractivity contribution is 0.0948. The second-order valence-electron chi connectivity index (χ2n) is 5.91. The molecule has 3 aromatic rings. The SMILES string of the molecule is O=C(NCCCc1ccccc1)c1ccc(Nc2ccc(Cl)cc2)cn1. The Bertz CT molecular complexity index is 833. The Balaban J connectivity index is 1.46.